The van der Waals surface area contributed by atoms with Gasteiger partial charge in [0.1, 0.15) is 5.60 Å². The molecule has 1 unspecified atom stereocenters. The fraction of sp³-hybridized carbons (Fsp3) is 0.556. The van der Waals surface area contributed by atoms with Crippen molar-refractivity contribution in [2.24, 2.45) is 0 Å². The lowest BCUT2D eigenvalue weighted by Gasteiger charge is -2.24. The summed E-state index contributed by atoms with van der Waals surface area (Å²) < 4.78 is 5.22. The van der Waals surface area contributed by atoms with E-state index in [0.717, 1.165) is 24.3 Å². The van der Waals surface area contributed by atoms with Gasteiger partial charge in [-0.2, -0.15) is 0 Å². The van der Waals surface area contributed by atoms with E-state index < -0.39 is 23.7 Å². The third-order valence-electron chi connectivity index (χ3n) is 3.49. The van der Waals surface area contributed by atoms with Crippen molar-refractivity contribution in [3.8, 4) is 0 Å². The van der Waals surface area contributed by atoms with Gasteiger partial charge in [0, 0.05) is 18.8 Å². The molecule has 1 aromatic carbocycles. The van der Waals surface area contributed by atoms with E-state index in [0.29, 0.717) is 0 Å². The molecule has 0 saturated carbocycles. The van der Waals surface area contributed by atoms with Crippen LogP contribution in [0.15, 0.2) is 24.3 Å². The molecule has 0 aliphatic carbocycles. The Morgan fingerprint density at radius 3 is 2.12 bits per heavy atom. The van der Waals surface area contributed by atoms with Crippen LogP contribution in [0.1, 0.15) is 52.6 Å². The van der Waals surface area contributed by atoms with E-state index in [1.54, 1.807) is 20.8 Å². The fourth-order valence-corrected chi connectivity index (χ4v) is 2.38. The van der Waals surface area contributed by atoms with Crippen LogP contribution in [-0.2, 0) is 9.53 Å². The highest BCUT2D eigenvalue weighted by atomic mass is 16.6. The zero-order valence-electron chi connectivity index (χ0n) is 15.1. The minimum Gasteiger partial charge on any atom is -0.481 e. The van der Waals surface area contributed by atoms with Gasteiger partial charge >= 0.3 is 12.1 Å². The summed E-state index contributed by atoms with van der Waals surface area (Å²) in [5.74, 6) is -0.983. The van der Waals surface area contributed by atoms with E-state index in [-0.39, 0.29) is 6.42 Å². The van der Waals surface area contributed by atoms with Crippen LogP contribution in [0.5, 0.6) is 0 Å². The molecule has 24 heavy (non-hydrogen) atoms. The zero-order chi connectivity index (χ0) is 18.3. The molecule has 0 spiro atoms. The predicted octanol–water partition coefficient (Wildman–Crippen LogP) is 3.57. The highest BCUT2D eigenvalue weighted by molar-refractivity contribution is 5.72. The standard InChI is InChI=1S/C18H28N2O4/c1-6-20(7-2)14-10-8-13(9-11-14)15(12-16(21)22)19-17(23)24-18(3,4)5/h8-11,15H,6-7,12H2,1-5H3,(H,19,23)(H,21,22). The first-order valence-electron chi connectivity index (χ1n) is 8.22. The minimum atomic E-state index is -0.983. The lowest BCUT2D eigenvalue weighted by molar-refractivity contribution is -0.137. The maximum atomic E-state index is 12.0. The van der Waals surface area contributed by atoms with Crippen LogP contribution in [0.3, 0.4) is 0 Å². The summed E-state index contributed by atoms with van der Waals surface area (Å²) >= 11 is 0. The Balaban J connectivity index is 2.91. The summed E-state index contributed by atoms with van der Waals surface area (Å²) in [5.41, 5.74) is 1.17. The molecule has 0 aliphatic heterocycles. The molecule has 0 radical (unpaired) electrons. The number of carbonyl (C=O) groups is 2. The van der Waals surface area contributed by atoms with Crippen molar-refractivity contribution in [1.29, 1.82) is 0 Å². The Labute approximate surface area is 143 Å². The largest absolute Gasteiger partial charge is 0.481 e. The van der Waals surface area contributed by atoms with Crippen LogP contribution in [0, 0.1) is 0 Å². The Morgan fingerprint density at radius 2 is 1.71 bits per heavy atom. The molecule has 1 aromatic rings. The first-order chi connectivity index (χ1) is 11.2. The maximum Gasteiger partial charge on any atom is 0.408 e. The van der Waals surface area contributed by atoms with Crippen molar-refractivity contribution in [1.82, 2.24) is 5.32 Å². The third kappa shape index (κ3) is 6.48. The molecule has 0 aliphatic rings. The molecule has 0 saturated heterocycles. The van der Waals surface area contributed by atoms with Crippen molar-refractivity contribution < 1.29 is 19.4 Å². The van der Waals surface area contributed by atoms with Gasteiger partial charge in [-0.05, 0) is 52.3 Å². The number of hydrogen-bond donors (Lipinski definition) is 2. The number of amides is 1. The third-order valence-corrected chi connectivity index (χ3v) is 3.49. The van der Waals surface area contributed by atoms with Gasteiger partial charge in [0.05, 0.1) is 12.5 Å². The number of ether oxygens (including phenoxy) is 1. The van der Waals surface area contributed by atoms with E-state index >= 15 is 0 Å². The molecule has 0 heterocycles. The Morgan fingerprint density at radius 1 is 1.17 bits per heavy atom. The number of hydrogen-bond acceptors (Lipinski definition) is 4. The van der Waals surface area contributed by atoms with Crippen molar-refractivity contribution in [2.45, 2.75) is 52.7 Å². The number of carboxylic acid groups (broad SMARTS) is 1. The number of anilines is 1. The molecule has 1 atom stereocenters. The zero-order valence-corrected chi connectivity index (χ0v) is 15.1. The molecular formula is C18H28N2O4. The first-order valence-corrected chi connectivity index (χ1v) is 8.22. The number of rotatable bonds is 7. The summed E-state index contributed by atoms with van der Waals surface area (Å²) in [6.07, 6.45) is -0.828. The van der Waals surface area contributed by atoms with E-state index in [9.17, 15) is 9.59 Å². The number of nitrogens with zero attached hydrogens (tertiary/aromatic N) is 1. The number of carboxylic acids is 1. The molecule has 0 aromatic heterocycles. The molecule has 1 rings (SSSR count). The van der Waals surface area contributed by atoms with Gasteiger partial charge in [-0.25, -0.2) is 4.79 Å². The van der Waals surface area contributed by atoms with Crippen LogP contribution in [0.25, 0.3) is 0 Å². The molecular weight excluding hydrogens is 308 g/mol. The summed E-state index contributed by atoms with van der Waals surface area (Å²) in [6.45, 7) is 11.2. The highest BCUT2D eigenvalue weighted by Gasteiger charge is 2.22. The summed E-state index contributed by atoms with van der Waals surface area (Å²) in [5, 5.41) is 11.8. The second-order valence-corrected chi connectivity index (χ2v) is 6.56. The predicted molar refractivity (Wildman–Crippen MR) is 94.4 cm³/mol. The lowest BCUT2D eigenvalue weighted by atomic mass is 10.0. The number of benzene rings is 1. The summed E-state index contributed by atoms with van der Waals surface area (Å²) in [4.78, 5) is 25.3. The SMILES string of the molecule is CCN(CC)c1ccc(C(CC(=O)O)NC(=O)OC(C)(C)C)cc1. The maximum absolute atomic E-state index is 12.0. The monoisotopic (exact) mass is 336 g/mol. The normalized spacial score (nSPS) is 12.4. The highest BCUT2D eigenvalue weighted by Crippen LogP contribution is 2.22. The van der Waals surface area contributed by atoms with Crippen LogP contribution in [0.2, 0.25) is 0 Å². The van der Waals surface area contributed by atoms with Crippen molar-refractivity contribution in [3.63, 3.8) is 0 Å². The van der Waals surface area contributed by atoms with Gasteiger partial charge in [-0.1, -0.05) is 12.1 Å². The number of carbonyl (C=O) groups excluding carboxylic acids is 1. The molecule has 6 heteroatoms. The first kappa shape index (κ1) is 19.8. The number of nitrogens with one attached hydrogen (secondary N) is 1. The Bertz CT molecular complexity index is 545. The molecule has 0 fully saturated rings. The second kappa shape index (κ2) is 8.57. The van der Waals surface area contributed by atoms with Gasteiger partial charge in [0.25, 0.3) is 0 Å². The van der Waals surface area contributed by atoms with Crippen molar-refractivity contribution in [2.75, 3.05) is 18.0 Å². The average molecular weight is 336 g/mol. The quantitative estimate of drug-likeness (QED) is 0.796. The van der Waals surface area contributed by atoms with Crippen LogP contribution in [-0.4, -0.2) is 35.9 Å². The van der Waals surface area contributed by atoms with Gasteiger partial charge in [0.15, 0.2) is 0 Å². The van der Waals surface area contributed by atoms with Gasteiger partial charge in [-0.15, -0.1) is 0 Å². The van der Waals surface area contributed by atoms with Crippen LogP contribution < -0.4 is 10.2 Å². The molecule has 0 bridgehead atoms. The molecule has 6 nitrogen and oxygen atoms in total. The van der Waals surface area contributed by atoms with Crippen molar-refractivity contribution >= 4 is 17.7 Å². The summed E-state index contributed by atoms with van der Waals surface area (Å²) in [6, 6.07) is 6.93. The van der Waals surface area contributed by atoms with E-state index in [1.807, 2.05) is 24.3 Å². The summed E-state index contributed by atoms with van der Waals surface area (Å²) in [7, 11) is 0. The average Bonchev–Trinajstić information content (AvgIpc) is 2.46. The fourth-order valence-electron chi connectivity index (χ4n) is 2.38. The van der Waals surface area contributed by atoms with Crippen molar-refractivity contribution in [3.05, 3.63) is 29.8 Å². The molecule has 1 amide bonds. The molecule has 2 N–H and O–H groups in total. The van der Waals surface area contributed by atoms with E-state index in [2.05, 4.69) is 24.1 Å². The smallest absolute Gasteiger partial charge is 0.408 e. The number of aliphatic carboxylic acids is 1. The molecule has 134 valence electrons. The van der Waals surface area contributed by atoms with Gasteiger partial charge < -0.3 is 20.1 Å². The Kier molecular flexibility index (Phi) is 7.07. The Hall–Kier alpha value is -2.24. The van der Waals surface area contributed by atoms with Gasteiger partial charge in [-0.3, -0.25) is 4.79 Å². The topological polar surface area (TPSA) is 78.9 Å². The van der Waals surface area contributed by atoms with E-state index in [4.69, 9.17) is 9.84 Å². The number of alkyl carbamates (subject to hydrolysis) is 1. The van der Waals surface area contributed by atoms with Crippen LogP contribution in [0.4, 0.5) is 10.5 Å². The van der Waals surface area contributed by atoms with Crippen LogP contribution >= 0.6 is 0 Å². The van der Waals surface area contributed by atoms with Gasteiger partial charge in [0.2, 0.25) is 0 Å². The second-order valence-electron chi connectivity index (χ2n) is 6.56. The minimum absolute atomic E-state index is 0.205. The lowest BCUT2D eigenvalue weighted by Crippen LogP contribution is -2.35. The van der Waals surface area contributed by atoms with E-state index in [1.165, 1.54) is 0 Å².